The summed E-state index contributed by atoms with van der Waals surface area (Å²) in [4.78, 5) is 0. The smallest absolute Gasteiger partial charge is 0.159 e. The molecule has 5 heteroatoms. The summed E-state index contributed by atoms with van der Waals surface area (Å²) >= 11 is 3.42. The zero-order valence-corrected chi connectivity index (χ0v) is 13.0. The molecule has 0 heterocycles. The number of aliphatic hydroxyl groups excluding tert-OH is 1. The average Bonchev–Trinajstić information content (AvgIpc) is 2.45. The van der Waals surface area contributed by atoms with Gasteiger partial charge in [-0.05, 0) is 54.3 Å². The number of halogens is 3. The van der Waals surface area contributed by atoms with Crippen LogP contribution in [0, 0.1) is 11.6 Å². The predicted molar refractivity (Wildman–Crippen MR) is 80.5 cm³/mol. The van der Waals surface area contributed by atoms with Crippen molar-refractivity contribution < 1.29 is 18.6 Å². The maximum atomic E-state index is 13.1. The molecule has 2 nitrogen and oxygen atoms in total. The highest BCUT2D eigenvalue weighted by molar-refractivity contribution is 9.10. The van der Waals surface area contributed by atoms with Gasteiger partial charge in [-0.25, -0.2) is 8.78 Å². The molecule has 1 unspecified atom stereocenters. The molecule has 0 bridgehead atoms. The largest absolute Gasteiger partial charge is 0.497 e. The first-order valence-corrected chi connectivity index (χ1v) is 7.23. The average molecular weight is 357 g/mol. The van der Waals surface area contributed by atoms with Gasteiger partial charge in [0.15, 0.2) is 11.6 Å². The summed E-state index contributed by atoms with van der Waals surface area (Å²) in [6.07, 6.45) is -0.0595. The highest BCUT2D eigenvalue weighted by Gasteiger charge is 2.12. The lowest BCUT2D eigenvalue weighted by molar-refractivity contribution is 0.175. The zero-order chi connectivity index (χ0) is 15.4. The van der Waals surface area contributed by atoms with E-state index in [-0.39, 0.29) is 6.42 Å². The molecule has 0 aliphatic heterocycles. The summed E-state index contributed by atoms with van der Waals surface area (Å²) in [5.41, 5.74) is 1.45. The molecule has 2 aromatic rings. The fourth-order valence-corrected chi connectivity index (χ4v) is 2.51. The van der Waals surface area contributed by atoms with Crippen LogP contribution in [0.2, 0.25) is 0 Å². The predicted octanol–water partition coefficient (Wildman–Crippen LogP) is 3.88. The number of methoxy groups -OCH3 is 1. The van der Waals surface area contributed by atoms with E-state index in [0.29, 0.717) is 17.7 Å². The summed E-state index contributed by atoms with van der Waals surface area (Å²) in [6.45, 7) is 0. The minimum atomic E-state index is -0.901. The highest BCUT2D eigenvalue weighted by Crippen LogP contribution is 2.24. The molecule has 0 aliphatic rings. The zero-order valence-electron chi connectivity index (χ0n) is 11.4. The quantitative estimate of drug-likeness (QED) is 0.880. The lowest BCUT2D eigenvalue weighted by atomic mass is 10.0. The van der Waals surface area contributed by atoms with E-state index in [1.807, 2.05) is 18.2 Å². The van der Waals surface area contributed by atoms with Gasteiger partial charge in [-0.15, -0.1) is 0 Å². The molecule has 0 spiro atoms. The summed E-state index contributed by atoms with van der Waals surface area (Å²) in [5, 5.41) is 10.1. The van der Waals surface area contributed by atoms with Gasteiger partial charge in [0.25, 0.3) is 0 Å². The van der Waals surface area contributed by atoms with Crippen molar-refractivity contribution in [2.45, 2.75) is 18.9 Å². The second kappa shape index (κ2) is 7.00. The van der Waals surface area contributed by atoms with Crippen molar-refractivity contribution >= 4 is 15.9 Å². The van der Waals surface area contributed by atoms with Gasteiger partial charge in [-0.2, -0.15) is 0 Å². The minimum Gasteiger partial charge on any atom is -0.497 e. The van der Waals surface area contributed by atoms with Crippen LogP contribution in [0.3, 0.4) is 0 Å². The van der Waals surface area contributed by atoms with Crippen LogP contribution in [0.25, 0.3) is 0 Å². The maximum Gasteiger partial charge on any atom is 0.159 e. The highest BCUT2D eigenvalue weighted by atomic mass is 79.9. The van der Waals surface area contributed by atoms with Crippen molar-refractivity contribution in [3.05, 3.63) is 63.6 Å². The van der Waals surface area contributed by atoms with Gasteiger partial charge in [0.1, 0.15) is 5.75 Å². The van der Waals surface area contributed by atoms with Gasteiger partial charge in [0.2, 0.25) is 0 Å². The molecule has 2 aromatic carbocycles. The summed E-state index contributed by atoms with van der Waals surface area (Å²) in [7, 11) is 1.57. The number of rotatable bonds is 5. The monoisotopic (exact) mass is 356 g/mol. The Bertz CT molecular complexity index is 632. The number of hydrogen-bond acceptors (Lipinski definition) is 2. The van der Waals surface area contributed by atoms with Gasteiger partial charge in [-0.1, -0.05) is 22.0 Å². The standard InChI is InChI=1S/C16H15BrF2O2/c1-21-13-3-4-14(17)11(9-13)8-12(20)6-10-2-5-15(18)16(19)7-10/h2-5,7,9,12,20H,6,8H2,1H3. The normalized spacial score (nSPS) is 12.2. The summed E-state index contributed by atoms with van der Waals surface area (Å²) in [6, 6.07) is 9.15. The van der Waals surface area contributed by atoms with Crippen LogP contribution in [0.4, 0.5) is 8.78 Å². The van der Waals surface area contributed by atoms with Gasteiger partial charge >= 0.3 is 0 Å². The van der Waals surface area contributed by atoms with Crippen LogP contribution in [0.1, 0.15) is 11.1 Å². The molecule has 112 valence electrons. The third-order valence-corrected chi connectivity index (χ3v) is 3.94. The minimum absolute atomic E-state index is 0.251. The molecule has 2 rings (SSSR count). The van der Waals surface area contributed by atoms with Gasteiger partial charge in [0.05, 0.1) is 13.2 Å². The van der Waals surface area contributed by atoms with Gasteiger partial charge in [-0.3, -0.25) is 0 Å². The van der Waals surface area contributed by atoms with E-state index in [9.17, 15) is 13.9 Å². The molecular weight excluding hydrogens is 342 g/mol. The molecule has 0 amide bonds. The Morgan fingerprint density at radius 3 is 2.52 bits per heavy atom. The van der Waals surface area contributed by atoms with E-state index in [2.05, 4.69) is 15.9 Å². The second-order valence-corrected chi connectivity index (χ2v) is 5.62. The molecule has 1 atom stereocenters. The third-order valence-electron chi connectivity index (χ3n) is 3.16. The van der Waals surface area contributed by atoms with Crippen LogP contribution in [-0.4, -0.2) is 18.3 Å². The van der Waals surface area contributed by atoms with Crippen molar-refractivity contribution in [1.29, 1.82) is 0 Å². The molecule has 0 aliphatic carbocycles. The molecule has 0 saturated heterocycles. The van der Waals surface area contributed by atoms with Crippen LogP contribution in [-0.2, 0) is 12.8 Å². The first-order chi connectivity index (χ1) is 9.99. The Morgan fingerprint density at radius 1 is 1.10 bits per heavy atom. The molecule has 0 aromatic heterocycles. The lowest BCUT2D eigenvalue weighted by Crippen LogP contribution is -2.14. The molecule has 1 N–H and O–H groups in total. The van der Waals surface area contributed by atoms with Crippen molar-refractivity contribution in [2.75, 3.05) is 7.11 Å². The van der Waals surface area contributed by atoms with E-state index < -0.39 is 17.7 Å². The second-order valence-electron chi connectivity index (χ2n) is 4.77. The van der Waals surface area contributed by atoms with E-state index in [1.54, 1.807) is 7.11 Å². The molecule has 21 heavy (non-hydrogen) atoms. The fourth-order valence-electron chi connectivity index (χ4n) is 2.10. The third kappa shape index (κ3) is 4.25. The van der Waals surface area contributed by atoms with Crippen molar-refractivity contribution in [1.82, 2.24) is 0 Å². The Balaban J connectivity index is 2.07. The van der Waals surface area contributed by atoms with Crippen LogP contribution in [0.15, 0.2) is 40.9 Å². The van der Waals surface area contributed by atoms with E-state index >= 15 is 0 Å². The van der Waals surface area contributed by atoms with Crippen molar-refractivity contribution in [2.24, 2.45) is 0 Å². The Hall–Kier alpha value is -1.46. The number of benzene rings is 2. The van der Waals surface area contributed by atoms with E-state index in [1.165, 1.54) is 6.07 Å². The van der Waals surface area contributed by atoms with E-state index in [4.69, 9.17) is 4.74 Å². The molecule has 0 saturated carbocycles. The summed E-state index contributed by atoms with van der Waals surface area (Å²) in [5.74, 6) is -1.08. The Kier molecular flexibility index (Phi) is 5.31. The Labute approximate surface area is 130 Å². The van der Waals surface area contributed by atoms with Crippen LogP contribution >= 0.6 is 15.9 Å². The molecule has 0 radical (unpaired) electrons. The van der Waals surface area contributed by atoms with E-state index in [0.717, 1.165) is 22.2 Å². The number of aliphatic hydroxyl groups is 1. The Morgan fingerprint density at radius 2 is 1.86 bits per heavy atom. The first-order valence-electron chi connectivity index (χ1n) is 6.44. The van der Waals surface area contributed by atoms with Crippen LogP contribution in [0.5, 0.6) is 5.75 Å². The molecular formula is C16H15BrF2O2. The van der Waals surface area contributed by atoms with Crippen LogP contribution < -0.4 is 4.74 Å². The number of hydrogen-bond donors (Lipinski definition) is 1. The first kappa shape index (κ1) is 15.9. The van der Waals surface area contributed by atoms with Crippen molar-refractivity contribution in [3.8, 4) is 5.75 Å². The summed E-state index contributed by atoms with van der Waals surface area (Å²) < 4.78 is 32.0. The fraction of sp³-hybridized carbons (Fsp3) is 0.250. The van der Waals surface area contributed by atoms with Gasteiger partial charge in [0, 0.05) is 4.47 Å². The van der Waals surface area contributed by atoms with Gasteiger partial charge < -0.3 is 9.84 Å². The lowest BCUT2D eigenvalue weighted by Gasteiger charge is -2.13. The van der Waals surface area contributed by atoms with Crippen molar-refractivity contribution in [3.63, 3.8) is 0 Å². The SMILES string of the molecule is COc1ccc(Br)c(CC(O)Cc2ccc(F)c(F)c2)c1. The maximum absolute atomic E-state index is 13.1. The number of ether oxygens (including phenoxy) is 1. The topological polar surface area (TPSA) is 29.5 Å². The molecule has 0 fully saturated rings.